The van der Waals surface area contributed by atoms with Crippen LogP contribution in [0.1, 0.15) is 37.0 Å². The van der Waals surface area contributed by atoms with Crippen LogP contribution in [0, 0.1) is 26.1 Å². The molecule has 8 heteroatoms. The number of ketones is 2. The number of nitrogens with zero attached hydrogens (tertiary/aromatic N) is 2. The van der Waals surface area contributed by atoms with Gasteiger partial charge in [-0.05, 0) is 6.42 Å². The van der Waals surface area contributed by atoms with Crippen LogP contribution in [0.15, 0.2) is 18.2 Å². The molecule has 1 rings (SSSR count). The molecule has 1 unspecified atom stereocenters. The van der Waals surface area contributed by atoms with Crippen molar-refractivity contribution in [3.05, 3.63) is 44.0 Å². The van der Waals surface area contributed by atoms with Gasteiger partial charge in [-0.25, -0.2) is 0 Å². The lowest BCUT2D eigenvalue weighted by atomic mass is 9.96. The van der Waals surface area contributed by atoms with Crippen LogP contribution in [-0.2, 0) is 4.79 Å². The number of nitro benzene ring substituents is 2. The quantitative estimate of drug-likeness (QED) is 0.330. The molecule has 0 aromatic heterocycles. The SMILES string of the molecule is CCC(C)C(=O)CC(=O)c1cc([N+](=O)[O-])ccc1[N+](=O)[O-]. The molecule has 8 nitrogen and oxygen atoms in total. The van der Waals surface area contributed by atoms with E-state index in [0.29, 0.717) is 6.42 Å². The van der Waals surface area contributed by atoms with E-state index in [1.54, 1.807) is 13.8 Å². The maximum atomic E-state index is 12.0. The van der Waals surface area contributed by atoms with Crippen LogP contribution in [-0.4, -0.2) is 21.4 Å². The number of hydrogen-bond acceptors (Lipinski definition) is 6. The van der Waals surface area contributed by atoms with E-state index >= 15 is 0 Å². The lowest BCUT2D eigenvalue weighted by Gasteiger charge is -2.07. The maximum absolute atomic E-state index is 12.0. The zero-order chi connectivity index (χ0) is 16.2. The third-order valence-corrected chi connectivity index (χ3v) is 3.18. The highest BCUT2D eigenvalue weighted by molar-refractivity contribution is 6.10. The van der Waals surface area contributed by atoms with Crippen molar-refractivity contribution in [2.45, 2.75) is 26.7 Å². The Balaban J connectivity index is 3.17. The molecular weight excluding hydrogens is 280 g/mol. The topological polar surface area (TPSA) is 120 Å². The van der Waals surface area contributed by atoms with Crippen LogP contribution < -0.4 is 0 Å². The minimum atomic E-state index is -0.801. The molecule has 112 valence electrons. The van der Waals surface area contributed by atoms with E-state index in [-0.39, 0.29) is 11.7 Å². The van der Waals surface area contributed by atoms with Gasteiger partial charge in [-0.1, -0.05) is 13.8 Å². The molecule has 0 bridgehead atoms. The molecule has 0 radical (unpaired) electrons. The summed E-state index contributed by atoms with van der Waals surface area (Å²) >= 11 is 0. The van der Waals surface area contributed by atoms with Crippen molar-refractivity contribution in [1.82, 2.24) is 0 Å². The lowest BCUT2D eigenvalue weighted by molar-refractivity contribution is -0.389. The first-order valence-electron chi connectivity index (χ1n) is 6.26. The summed E-state index contributed by atoms with van der Waals surface area (Å²) in [6, 6.07) is 2.69. The number of rotatable bonds is 7. The largest absolute Gasteiger partial charge is 0.299 e. The number of nitro groups is 2. The number of carbonyl (C=O) groups excluding carboxylic acids is 2. The molecule has 0 aliphatic carbocycles. The summed E-state index contributed by atoms with van der Waals surface area (Å²) in [5.74, 6) is -1.47. The fourth-order valence-corrected chi connectivity index (χ4v) is 1.68. The molecule has 0 heterocycles. The number of benzene rings is 1. The molecule has 0 spiro atoms. The number of hydrogen-bond donors (Lipinski definition) is 0. The molecule has 0 saturated carbocycles. The highest BCUT2D eigenvalue weighted by Gasteiger charge is 2.26. The van der Waals surface area contributed by atoms with Gasteiger partial charge in [0.05, 0.1) is 16.3 Å². The fraction of sp³-hybridized carbons (Fsp3) is 0.385. The highest BCUT2D eigenvalue weighted by atomic mass is 16.6. The highest BCUT2D eigenvalue weighted by Crippen LogP contribution is 2.25. The van der Waals surface area contributed by atoms with E-state index < -0.39 is 39.0 Å². The molecule has 0 amide bonds. The van der Waals surface area contributed by atoms with Gasteiger partial charge in [-0.2, -0.15) is 0 Å². The molecular formula is C13H14N2O6. The van der Waals surface area contributed by atoms with E-state index in [4.69, 9.17) is 0 Å². The molecule has 0 N–H and O–H groups in total. The van der Waals surface area contributed by atoms with Gasteiger partial charge in [0, 0.05) is 24.1 Å². The van der Waals surface area contributed by atoms with Gasteiger partial charge >= 0.3 is 0 Å². The monoisotopic (exact) mass is 294 g/mol. The number of Topliss-reactive ketones (excluding diaryl/α,β-unsaturated/α-hetero) is 2. The van der Waals surface area contributed by atoms with Crippen LogP contribution in [0.4, 0.5) is 11.4 Å². The van der Waals surface area contributed by atoms with Gasteiger partial charge in [-0.3, -0.25) is 29.8 Å². The Morgan fingerprint density at radius 2 is 1.81 bits per heavy atom. The lowest BCUT2D eigenvalue weighted by Crippen LogP contribution is -2.16. The predicted molar refractivity (Wildman–Crippen MR) is 73.2 cm³/mol. The van der Waals surface area contributed by atoms with E-state index in [1.165, 1.54) is 0 Å². The predicted octanol–water partition coefficient (Wildman–Crippen LogP) is 2.69. The molecule has 0 aliphatic rings. The first-order valence-corrected chi connectivity index (χ1v) is 6.26. The zero-order valence-corrected chi connectivity index (χ0v) is 11.6. The Bertz CT molecular complexity index is 611. The first-order chi connectivity index (χ1) is 9.77. The van der Waals surface area contributed by atoms with Gasteiger partial charge in [-0.15, -0.1) is 0 Å². The second kappa shape index (κ2) is 6.69. The standard InChI is InChI=1S/C13H14N2O6/c1-3-8(2)12(16)7-13(17)10-6-9(14(18)19)4-5-11(10)15(20)21/h4-6,8H,3,7H2,1-2H3. The maximum Gasteiger partial charge on any atom is 0.280 e. The minimum Gasteiger partial charge on any atom is -0.299 e. The Morgan fingerprint density at radius 3 is 2.29 bits per heavy atom. The summed E-state index contributed by atoms with van der Waals surface area (Å²) in [4.78, 5) is 43.8. The van der Waals surface area contributed by atoms with Crippen molar-refractivity contribution in [3.8, 4) is 0 Å². The third-order valence-electron chi connectivity index (χ3n) is 3.18. The number of non-ortho nitro benzene ring substituents is 1. The first kappa shape index (κ1) is 16.4. The van der Waals surface area contributed by atoms with Crippen molar-refractivity contribution in [2.24, 2.45) is 5.92 Å². The van der Waals surface area contributed by atoms with Crippen molar-refractivity contribution in [2.75, 3.05) is 0 Å². The second-order valence-electron chi connectivity index (χ2n) is 4.59. The van der Waals surface area contributed by atoms with Gasteiger partial charge in [0.25, 0.3) is 11.4 Å². The average Bonchev–Trinajstić information content (AvgIpc) is 2.45. The summed E-state index contributed by atoms with van der Waals surface area (Å²) < 4.78 is 0. The number of carbonyl (C=O) groups is 2. The van der Waals surface area contributed by atoms with Crippen molar-refractivity contribution >= 4 is 22.9 Å². The zero-order valence-electron chi connectivity index (χ0n) is 11.6. The Hall–Kier alpha value is -2.64. The summed E-state index contributed by atoms with van der Waals surface area (Å²) in [6.45, 7) is 3.43. The molecule has 21 heavy (non-hydrogen) atoms. The Morgan fingerprint density at radius 1 is 1.19 bits per heavy atom. The van der Waals surface area contributed by atoms with Crippen LogP contribution in [0.25, 0.3) is 0 Å². The molecule has 1 atom stereocenters. The minimum absolute atomic E-state index is 0.341. The van der Waals surface area contributed by atoms with E-state index in [0.717, 1.165) is 18.2 Å². The molecule has 0 fully saturated rings. The Labute approximate surface area is 120 Å². The van der Waals surface area contributed by atoms with Crippen molar-refractivity contribution in [1.29, 1.82) is 0 Å². The fourth-order valence-electron chi connectivity index (χ4n) is 1.68. The summed E-state index contributed by atoms with van der Waals surface area (Å²) in [6.07, 6.45) is 0.0418. The Kier molecular flexibility index (Phi) is 5.23. The van der Waals surface area contributed by atoms with Crippen LogP contribution >= 0.6 is 0 Å². The molecule has 1 aromatic rings. The second-order valence-corrected chi connectivity index (χ2v) is 4.59. The van der Waals surface area contributed by atoms with E-state index in [9.17, 15) is 29.8 Å². The van der Waals surface area contributed by atoms with Crippen molar-refractivity contribution < 1.29 is 19.4 Å². The molecule has 0 aliphatic heterocycles. The van der Waals surface area contributed by atoms with E-state index in [2.05, 4.69) is 0 Å². The smallest absolute Gasteiger partial charge is 0.280 e. The molecule has 1 aromatic carbocycles. The van der Waals surface area contributed by atoms with Crippen LogP contribution in [0.3, 0.4) is 0 Å². The summed E-state index contributed by atoms with van der Waals surface area (Å²) in [5.41, 5.74) is -1.38. The normalized spacial score (nSPS) is 11.7. The summed E-state index contributed by atoms with van der Waals surface area (Å²) in [5, 5.41) is 21.6. The van der Waals surface area contributed by atoms with Crippen LogP contribution in [0.2, 0.25) is 0 Å². The average molecular weight is 294 g/mol. The summed E-state index contributed by atoms with van der Waals surface area (Å²) in [7, 11) is 0. The van der Waals surface area contributed by atoms with Crippen LogP contribution in [0.5, 0.6) is 0 Å². The van der Waals surface area contributed by atoms with Gasteiger partial charge < -0.3 is 0 Å². The van der Waals surface area contributed by atoms with Gasteiger partial charge in [0.2, 0.25) is 0 Å². The van der Waals surface area contributed by atoms with Gasteiger partial charge in [0.15, 0.2) is 5.78 Å². The van der Waals surface area contributed by atoms with E-state index in [1.807, 2.05) is 0 Å². The molecule has 0 saturated heterocycles. The van der Waals surface area contributed by atoms with Gasteiger partial charge in [0.1, 0.15) is 11.3 Å². The third kappa shape index (κ3) is 3.91. The van der Waals surface area contributed by atoms with Crippen molar-refractivity contribution in [3.63, 3.8) is 0 Å².